The summed E-state index contributed by atoms with van der Waals surface area (Å²) >= 11 is 6.29. The highest BCUT2D eigenvalue weighted by molar-refractivity contribution is 6.31. The molecule has 12 heteroatoms. The number of carbonyl (C=O) groups is 3. The van der Waals surface area contributed by atoms with Gasteiger partial charge in [0.2, 0.25) is 5.91 Å². The summed E-state index contributed by atoms with van der Waals surface area (Å²) in [4.78, 5) is 43.0. The number of fused-ring (bicyclic) bond motifs is 1. The first kappa shape index (κ1) is 28.3. The number of halogens is 4. The van der Waals surface area contributed by atoms with Crippen molar-refractivity contribution in [2.45, 2.75) is 37.3 Å². The molecule has 1 saturated carbocycles. The Kier molecular flexibility index (Phi) is 7.56. The van der Waals surface area contributed by atoms with Crippen LogP contribution in [0.15, 0.2) is 72.8 Å². The Morgan fingerprint density at radius 3 is 2.34 bits per heavy atom. The van der Waals surface area contributed by atoms with E-state index in [0.29, 0.717) is 40.4 Å². The number of hydrogen-bond acceptors (Lipinski definition) is 5. The highest BCUT2D eigenvalue weighted by Crippen LogP contribution is 2.38. The van der Waals surface area contributed by atoms with Gasteiger partial charge in [0.05, 0.1) is 11.4 Å². The lowest BCUT2D eigenvalue weighted by molar-refractivity contribution is -0.274. The van der Waals surface area contributed by atoms with Gasteiger partial charge in [-0.05, 0) is 60.9 Å². The van der Waals surface area contributed by atoms with Gasteiger partial charge in [-0.15, -0.1) is 13.2 Å². The highest BCUT2D eigenvalue weighted by Gasteiger charge is 2.52. The zero-order valence-corrected chi connectivity index (χ0v) is 22.6. The van der Waals surface area contributed by atoms with Crippen LogP contribution in [0.2, 0.25) is 5.02 Å². The molecule has 0 bridgehead atoms. The normalized spacial score (nSPS) is 17.8. The van der Waals surface area contributed by atoms with Crippen LogP contribution in [0, 0.1) is 0 Å². The van der Waals surface area contributed by atoms with E-state index in [0.717, 1.165) is 0 Å². The lowest BCUT2D eigenvalue weighted by Gasteiger charge is -2.28. The molecule has 5 rings (SSSR count). The Balaban J connectivity index is 1.37. The number of nitrogens with zero attached hydrogens (tertiary/aromatic N) is 2. The average molecular weight is 587 g/mol. The maximum atomic E-state index is 13.5. The third-order valence-corrected chi connectivity index (χ3v) is 7.32. The number of nitrogens with one attached hydrogen (secondary N) is 2. The molecular weight excluding hydrogens is 561 g/mol. The monoisotopic (exact) mass is 586 g/mol. The van der Waals surface area contributed by atoms with Gasteiger partial charge < -0.3 is 25.2 Å². The molecule has 1 aliphatic carbocycles. The Hall–Kier alpha value is -4.25. The molecule has 0 spiro atoms. The van der Waals surface area contributed by atoms with Crippen molar-refractivity contribution >= 4 is 40.7 Å². The van der Waals surface area contributed by atoms with Gasteiger partial charge in [0.15, 0.2) is 0 Å². The van der Waals surface area contributed by atoms with Crippen LogP contribution in [0.1, 0.15) is 28.8 Å². The summed E-state index contributed by atoms with van der Waals surface area (Å²) in [5.74, 6) is -1.58. The molecule has 2 aliphatic rings. The average Bonchev–Trinajstić information content (AvgIpc) is 3.73. The second kappa shape index (κ2) is 11.0. The fourth-order valence-electron chi connectivity index (χ4n) is 4.77. The predicted octanol–water partition coefficient (Wildman–Crippen LogP) is 4.67. The quantitative estimate of drug-likeness (QED) is 0.420. The van der Waals surface area contributed by atoms with Crippen molar-refractivity contribution in [1.29, 1.82) is 0 Å². The van der Waals surface area contributed by atoms with Crippen LogP contribution < -0.4 is 25.2 Å². The van der Waals surface area contributed by atoms with E-state index in [9.17, 15) is 27.6 Å². The van der Waals surface area contributed by atoms with Crippen LogP contribution in [-0.2, 0) is 16.1 Å². The first-order valence-electron chi connectivity index (χ1n) is 12.8. The second-order valence-electron chi connectivity index (χ2n) is 10.0. The molecular formula is C29H26ClF3N4O4. The third kappa shape index (κ3) is 6.40. The van der Waals surface area contributed by atoms with E-state index >= 15 is 0 Å². The molecule has 3 aromatic carbocycles. The number of likely N-dealkylation sites (N-methyl/N-ethyl adjacent to an activating group) is 1. The fraction of sp³-hybridized carbons (Fsp3) is 0.276. The van der Waals surface area contributed by atoms with Gasteiger partial charge in [0.25, 0.3) is 11.8 Å². The van der Waals surface area contributed by atoms with Gasteiger partial charge in [-0.1, -0.05) is 41.9 Å². The molecule has 1 aliphatic heterocycles. The molecule has 0 unspecified atom stereocenters. The summed E-state index contributed by atoms with van der Waals surface area (Å²) in [6.07, 6.45) is -3.95. The van der Waals surface area contributed by atoms with E-state index in [2.05, 4.69) is 15.4 Å². The molecule has 0 aromatic heterocycles. The number of carbonyl (C=O) groups excluding carboxylic acids is 3. The van der Waals surface area contributed by atoms with Crippen molar-refractivity contribution in [2.75, 3.05) is 23.4 Å². The summed E-state index contributed by atoms with van der Waals surface area (Å²) in [6, 6.07) is 18.0. The number of benzene rings is 3. The summed E-state index contributed by atoms with van der Waals surface area (Å²) in [5.41, 5.74) is 1.10. The van der Waals surface area contributed by atoms with E-state index in [-0.39, 0.29) is 30.7 Å². The standard InChI is InChI=1S/C29H26ClF3N4O4/c1-36-23-12-9-20(30)15-24(23)37(16-18-7-10-21(11-8-18)41-29(31,32)33)17-22(26(36)39)34-27(40)28(13-14-28)35-25(38)19-5-3-2-4-6-19/h2-12,15,22H,13-14,16-17H2,1H3,(H,34,40)(H,35,38)/t22-/m1/s1. The molecule has 2 N–H and O–H groups in total. The van der Waals surface area contributed by atoms with Crippen molar-refractivity contribution in [3.05, 3.63) is 88.9 Å². The Bertz CT molecular complexity index is 1460. The number of rotatable bonds is 7. The summed E-state index contributed by atoms with van der Waals surface area (Å²) in [7, 11) is 1.59. The van der Waals surface area contributed by atoms with Crippen molar-refractivity contribution in [2.24, 2.45) is 0 Å². The van der Waals surface area contributed by atoms with Crippen molar-refractivity contribution in [3.8, 4) is 5.75 Å². The molecule has 214 valence electrons. The van der Waals surface area contributed by atoms with Crippen LogP contribution in [0.25, 0.3) is 0 Å². The second-order valence-corrected chi connectivity index (χ2v) is 10.5. The van der Waals surface area contributed by atoms with E-state index in [1.807, 2.05) is 4.90 Å². The van der Waals surface area contributed by atoms with Gasteiger partial charge >= 0.3 is 6.36 Å². The predicted molar refractivity (Wildman–Crippen MR) is 147 cm³/mol. The summed E-state index contributed by atoms with van der Waals surface area (Å²) < 4.78 is 41.7. The van der Waals surface area contributed by atoms with E-state index in [4.69, 9.17) is 11.6 Å². The largest absolute Gasteiger partial charge is 0.573 e. The summed E-state index contributed by atoms with van der Waals surface area (Å²) in [5, 5.41) is 6.07. The third-order valence-electron chi connectivity index (χ3n) is 7.08. The maximum Gasteiger partial charge on any atom is 0.573 e. The van der Waals surface area contributed by atoms with Gasteiger partial charge in [-0.2, -0.15) is 0 Å². The number of anilines is 2. The number of amides is 3. The van der Waals surface area contributed by atoms with Gasteiger partial charge in [-0.3, -0.25) is 14.4 Å². The number of alkyl halides is 3. The maximum absolute atomic E-state index is 13.5. The smallest absolute Gasteiger partial charge is 0.406 e. The summed E-state index contributed by atoms with van der Waals surface area (Å²) in [6.45, 7) is 0.245. The van der Waals surface area contributed by atoms with Crippen LogP contribution in [0.5, 0.6) is 5.75 Å². The number of ether oxygens (including phenoxy) is 1. The van der Waals surface area contributed by atoms with E-state index in [1.54, 1.807) is 55.6 Å². The molecule has 3 amide bonds. The van der Waals surface area contributed by atoms with Crippen LogP contribution in [0.3, 0.4) is 0 Å². The Morgan fingerprint density at radius 1 is 1.02 bits per heavy atom. The molecule has 0 saturated heterocycles. The zero-order chi connectivity index (χ0) is 29.4. The van der Waals surface area contributed by atoms with Crippen LogP contribution in [-0.4, -0.2) is 49.3 Å². The molecule has 41 heavy (non-hydrogen) atoms. The molecule has 1 fully saturated rings. The number of hydrogen-bond donors (Lipinski definition) is 2. The zero-order valence-electron chi connectivity index (χ0n) is 21.9. The lowest BCUT2D eigenvalue weighted by atomic mass is 10.1. The topological polar surface area (TPSA) is 91.0 Å². The van der Waals surface area contributed by atoms with E-state index in [1.165, 1.54) is 29.2 Å². The molecule has 8 nitrogen and oxygen atoms in total. The molecule has 1 heterocycles. The van der Waals surface area contributed by atoms with Crippen LogP contribution in [0.4, 0.5) is 24.5 Å². The SMILES string of the molecule is CN1C(=O)[C@H](NC(=O)C2(NC(=O)c3ccccc3)CC2)CN(Cc2ccc(OC(F)(F)F)cc2)c2cc(Cl)ccc21. The van der Waals surface area contributed by atoms with Gasteiger partial charge in [-0.25, -0.2) is 0 Å². The Labute approximate surface area is 239 Å². The minimum Gasteiger partial charge on any atom is -0.406 e. The molecule has 0 radical (unpaired) electrons. The van der Waals surface area contributed by atoms with Crippen molar-refractivity contribution < 1.29 is 32.3 Å². The first-order chi connectivity index (χ1) is 19.4. The molecule has 3 aromatic rings. The lowest BCUT2D eigenvalue weighted by Crippen LogP contribution is -2.57. The van der Waals surface area contributed by atoms with E-state index < -0.39 is 23.9 Å². The minimum atomic E-state index is -4.81. The van der Waals surface area contributed by atoms with Crippen LogP contribution >= 0.6 is 11.6 Å². The first-order valence-corrected chi connectivity index (χ1v) is 13.2. The fourth-order valence-corrected chi connectivity index (χ4v) is 4.93. The highest BCUT2D eigenvalue weighted by atomic mass is 35.5. The van der Waals surface area contributed by atoms with Crippen molar-refractivity contribution in [1.82, 2.24) is 10.6 Å². The Morgan fingerprint density at radius 2 is 1.71 bits per heavy atom. The minimum absolute atomic E-state index is 0.0474. The molecule has 1 atom stereocenters. The van der Waals surface area contributed by atoms with Gasteiger partial charge in [0, 0.05) is 30.7 Å². The van der Waals surface area contributed by atoms with Gasteiger partial charge in [0.1, 0.15) is 17.3 Å². The van der Waals surface area contributed by atoms with Crippen molar-refractivity contribution in [3.63, 3.8) is 0 Å².